The lowest BCUT2D eigenvalue weighted by atomic mass is 10.1. The molecule has 0 saturated carbocycles. The summed E-state index contributed by atoms with van der Waals surface area (Å²) < 4.78 is 0. The molecule has 0 fully saturated rings. The minimum absolute atomic E-state index is 0.360. The molecule has 1 unspecified atom stereocenters. The zero-order valence-corrected chi connectivity index (χ0v) is 16.7. The maximum Gasteiger partial charge on any atom is 0.229 e. The van der Waals surface area contributed by atoms with Crippen molar-refractivity contribution in [3.63, 3.8) is 0 Å². The predicted octanol–water partition coefficient (Wildman–Crippen LogP) is 4.80. The van der Waals surface area contributed by atoms with Gasteiger partial charge in [0.2, 0.25) is 5.95 Å². The number of aliphatic hydroxyl groups excluding tert-OH is 1. The lowest BCUT2D eigenvalue weighted by molar-refractivity contribution is 0.191. The second-order valence-corrected chi connectivity index (χ2v) is 7.59. The standard InChI is InChI=1S/C22H21N5OS/c1-15-25-19(14-29-15)17-8-5-9-18(12-17)26-22-23-11-10-21(27-22)24-13-20(28)16-6-3-2-4-7-16/h2-12,14,20,28H,13H2,1H3,(H2,23,24,26,27). The van der Waals surface area contributed by atoms with Crippen LogP contribution in [0.3, 0.4) is 0 Å². The van der Waals surface area contributed by atoms with E-state index in [4.69, 9.17) is 0 Å². The van der Waals surface area contributed by atoms with E-state index in [-0.39, 0.29) is 0 Å². The summed E-state index contributed by atoms with van der Waals surface area (Å²) in [6.45, 7) is 2.36. The van der Waals surface area contributed by atoms with E-state index < -0.39 is 6.10 Å². The van der Waals surface area contributed by atoms with Gasteiger partial charge in [0.1, 0.15) is 5.82 Å². The maximum atomic E-state index is 10.3. The molecule has 7 heteroatoms. The summed E-state index contributed by atoms with van der Waals surface area (Å²) in [6.07, 6.45) is 1.07. The largest absolute Gasteiger partial charge is 0.387 e. The van der Waals surface area contributed by atoms with Crippen LogP contribution in [0.5, 0.6) is 0 Å². The van der Waals surface area contributed by atoms with Crippen molar-refractivity contribution in [2.24, 2.45) is 0 Å². The Balaban J connectivity index is 1.43. The van der Waals surface area contributed by atoms with Crippen LogP contribution in [0.15, 0.2) is 72.2 Å². The molecule has 1 atom stereocenters. The molecule has 0 saturated heterocycles. The van der Waals surface area contributed by atoms with Gasteiger partial charge in [0, 0.05) is 29.4 Å². The van der Waals surface area contributed by atoms with E-state index in [1.165, 1.54) is 0 Å². The summed E-state index contributed by atoms with van der Waals surface area (Å²) in [7, 11) is 0. The molecular formula is C22H21N5OS. The van der Waals surface area contributed by atoms with E-state index in [0.717, 1.165) is 27.5 Å². The predicted molar refractivity (Wildman–Crippen MR) is 117 cm³/mol. The van der Waals surface area contributed by atoms with Gasteiger partial charge in [0.15, 0.2) is 0 Å². The molecule has 0 aliphatic carbocycles. The van der Waals surface area contributed by atoms with E-state index in [0.29, 0.717) is 18.3 Å². The van der Waals surface area contributed by atoms with Gasteiger partial charge in [-0.15, -0.1) is 11.3 Å². The van der Waals surface area contributed by atoms with Crippen molar-refractivity contribution >= 4 is 28.8 Å². The van der Waals surface area contributed by atoms with Crippen LogP contribution in [0.1, 0.15) is 16.7 Å². The van der Waals surface area contributed by atoms with Gasteiger partial charge >= 0.3 is 0 Å². The molecule has 0 spiro atoms. The first-order valence-corrected chi connectivity index (χ1v) is 10.1. The fourth-order valence-corrected chi connectivity index (χ4v) is 3.52. The number of nitrogens with zero attached hydrogens (tertiary/aromatic N) is 3. The molecule has 6 nitrogen and oxygen atoms in total. The summed E-state index contributed by atoms with van der Waals surface area (Å²) in [5.74, 6) is 1.12. The summed E-state index contributed by atoms with van der Waals surface area (Å²) in [5.41, 5.74) is 3.75. The Labute approximate surface area is 173 Å². The maximum absolute atomic E-state index is 10.3. The van der Waals surface area contributed by atoms with E-state index in [1.807, 2.05) is 66.9 Å². The van der Waals surface area contributed by atoms with E-state index in [2.05, 4.69) is 25.6 Å². The second kappa shape index (κ2) is 8.81. The highest BCUT2D eigenvalue weighted by Crippen LogP contribution is 2.25. The number of hydrogen-bond donors (Lipinski definition) is 3. The highest BCUT2D eigenvalue weighted by atomic mass is 32.1. The van der Waals surface area contributed by atoms with Crippen LogP contribution < -0.4 is 10.6 Å². The van der Waals surface area contributed by atoms with Crippen molar-refractivity contribution in [1.82, 2.24) is 15.0 Å². The van der Waals surface area contributed by atoms with Gasteiger partial charge in [-0.25, -0.2) is 9.97 Å². The van der Waals surface area contributed by atoms with Gasteiger partial charge in [-0.3, -0.25) is 0 Å². The third-order valence-corrected chi connectivity index (χ3v) is 5.12. The molecule has 0 radical (unpaired) electrons. The van der Waals surface area contributed by atoms with Crippen molar-refractivity contribution in [2.45, 2.75) is 13.0 Å². The molecular weight excluding hydrogens is 382 g/mol. The van der Waals surface area contributed by atoms with Crippen LogP contribution in [-0.4, -0.2) is 26.6 Å². The van der Waals surface area contributed by atoms with E-state index in [9.17, 15) is 5.11 Å². The van der Waals surface area contributed by atoms with E-state index in [1.54, 1.807) is 23.6 Å². The number of thiazole rings is 1. The number of nitrogens with one attached hydrogen (secondary N) is 2. The quantitative estimate of drug-likeness (QED) is 0.411. The summed E-state index contributed by atoms with van der Waals surface area (Å²) in [6, 6.07) is 19.3. The van der Waals surface area contributed by atoms with Crippen LogP contribution in [0, 0.1) is 6.92 Å². The van der Waals surface area contributed by atoms with Crippen LogP contribution in [0.2, 0.25) is 0 Å². The fraction of sp³-hybridized carbons (Fsp3) is 0.136. The highest BCUT2D eigenvalue weighted by molar-refractivity contribution is 7.09. The van der Waals surface area contributed by atoms with Crippen LogP contribution in [0.25, 0.3) is 11.3 Å². The molecule has 2 aromatic heterocycles. The number of rotatable bonds is 7. The second-order valence-electron chi connectivity index (χ2n) is 6.53. The monoisotopic (exact) mass is 403 g/mol. The molecule has 29 heavy (non-hydrogen) atoms. The lowest BCUT2D eigenvalue weighted by Crippen LogP contribution is -2.13. The summed E-state index contributed by atoms with van der Waals surface area (Å²) in [4.78, 5) is 13.3. The molecule has 0 amide bonds. The minimum atomic E-state index is -0.610. The van der Waals surface area contributed by atoms with Crippen molar-refractivity contribution in [2.75, 3.05) is 17.2 Å². The molecule has 3 N–H and O–H groups in total. The first-order chi connectivity index (χ1) is 14.2. The zero-order chi connectivity index (χ0) is 20.1. The Morgan fingerprint density at radius 3 is 2.69 bits per heavy atom. The smallest absolute Gasteiger partial charge is 0.229 e. The minimum Gasteiger partial charge on any atom is -0.387 e. The van der Waals surface area contributed by atoms with Crippen LogP contribution >= 0.6 is 11.3 Å². The van der Waals surface area contributed by atoms with Gasteiger partial charge < -0.3 is 15.7 Å². The average Bonchev–Trinajstić information content (AvgIpc) is 3.19. The first-order valence-electron chi connectivity index (χ1n) is 9.27. The van der Waals surface area contributed by atoms with Crippen molar-refractivity contribution in [3.05, 3.63) is 82.8 Å². The Morgan fingerprint density at radius 1 is 1.03 bits per heavy atom. The number of hydrogen-bond acceptors (Lipinski definition) is 7. The molecule has 4 rings (SSSR count). The number of aryl methyl sites for hydroxylation is 1. The van der Waals surface area contributed by atoms with Gasteiger partial charge in [0.05, 0.1) is 16.8 Å². The van der Waals surface area contributed by atoms with E-state index >= 15 is 0 Å². The molecule has 146 valence electrons. The summed E-state index contributed by atoms with van der Waals surface area (Å²) >= 11 is 1.63. The third-order valence-electron chi connectivity index (χ3n) is 4.35. The Hall–Kier alpha value is -3.29. The van der Waals surface area contributed by atoms with Crippen LogP contribution in [-0.2, 0) is 0 Å². The number of aromatic nitrogens is 3. The van der Waals surface area contributed by atoms with Gasteiger partial charge in [-0.05, 0) is 30.7 Å². The lowest BCUT2D eigenvalue weighted by Gasteiger charge is -2.13. The van der Waals surface area contributed by atoms with Crippen molar-refractivity contribution in [3.8, 4) is 11.3 Å². The molecule has 4 aromatic rings. The first kappa shape index (κ1) is 19.0. The zero-order valence-electron chi connectivity index (χ0n) is 15.9. The fourth-order valence-electron chi connectivity index (χ4n) is 2.89. The molecule has 0 aliphatic heterocycles. The van der Waals surface area contributed by atoms with Crippen molar-refractivity contribution < 1.29 is 5.11 Å². The highest BCUT2D eigenvalue weighted by Gasteiger charge is 2.08. The van der Waals surface area contributed by atoms with Crippen molar-refractivity contribution in [1.29, 1.82) is 0 Å². The normalized spacial score (nSPS) is 11.8. The average molecular weight is 404 g/mol. The third kappa shape index (κ3) is 4.96. The van der Waals surface area contributed by atoms with Gasteiger partial charge in [-0.1, -0.05) is 42.5 Å². The topological polar surface area (TPSA) is 83.0 Å². The number of aliphatic hydroxyl groups is 1. The molecule has 2 heterocycles. The Morgan fingerprint density at radius 2 is 1.90 bits per heavy atom. The van der Waals surface area contributed by atoms with Gasteiger partial charge in [-0.2, -0.15) is 4.98 Å². The SMILES string of the molecule is Cc1nc(-c2cccc(Nc3nccc(NCC(O)c4ccccc4)n3)c2)cs1. The Bertz CT molecular complexity index is 1080. The number of anilines is 3. The Kier molecular flexibility index (Phi) is 5.79. The van der Waals surface area contributed by atoms with Crippen LogP contribution in [0.4, 0.5) is 17.5 Å². The molecule has 0 aliphatic rings. The molecule has 0 bridgehead atoms. The number of benzene rings is 2. The summed E-state index contributed by atoms with van der Waals surface area (Å²) in [5, 5.41) is 19.8. The van der Waals surface area contributed by atoms with Gasteiger partial charge in [0.25, 0.3) is 0 Å². The molecule has 2 aromatic carbocycles.